The highest BCUT2D eigenvalue weighted by molar-refractivity contribution is 8.00. The summed E-state index contributed by atoms with van der Waals surface area (Å²) in [6.45, 7) is 4.31. The molecule has 2 heterocycles. The van der Waals surface area contributed by atoms with Gasteiger partial charge in [-0.05, 0) is 11.5 Å². The molecule has 3 rings (SSSR count). The molecule has 2 aromatic rings. The van der Waals surface area contributed by atoms with Gasteiger partial charge in [-0.1, -0.05) is 31.2 Å². The maximum absolute atomic E-state index is 9.39. The van der Waals surface area contributed by atoms with Crippen LogP contribution in [0.15, 0.2) is 30.3 Å². The highest BCUT2D eigenvalue weighted by Crippen LogP contribution is 2.29. The van der Waals surface area contributed by atoms with E-state index in [0.29, 0.717) is 5.25 Å². The number of hydrogen-bond donors (Lipinski definition) is 1. The van der Waals surface area contributed by atoms with Gasteiger partial charge >= 0.3 is 0 Å². The number of anilines is 1. The Bertz CT molecular complexity index is 587. The second kappa shape index (κ2) is 5.39. The number of hydrogen-bond acceptors (Lipinski definition) is 4. The van der Waals surface area contributed by atoms with Crippen LogP contribution in [-0.2, 0) is 6.61 Å². The normalized spacial score (nSPS) is 19.9. The maximum Gasteiger partial charge on any atom is 0.136 e. The van der Waals surface area contributed by atoms with Gasteiger partial charge in [-0.2, -0.15) is 11.8 Å². The summed E-state index contributed by atoms with van der Waals surface area (Å²) in [5.41, 5.74) is 0.750. The lowest BCUT2D eigenvalue weighted by Crippen LogP contribution is -2.37. The number of aliphatic hydroxyl groups is 1. The summed E-state index contributed by atoms with van der Waals surface area (Å²) in [5.74, 6) is 2.16. The van der Waals surface area contributed by atoms with Crippen molar-refractivity contribution in [2.45, 2.75) is 18.8 Å². The van der Waals surface area contributed by atoms with E-state index in [1.807, 2.05) is 30.0 Å². The topological polar surface area (TPSA) is 36.4 Å². The first-order valence-electron chi connectivity index (χ1n) is 6.64. The Morgan fingerprint density at radius 3 is 3.05 bits per heavy atom. The van der Waals surface area contributed by atoms with E-state index < -0.39 is 0 Å². The van der Waals surface area contributed by atoms with Gasteiger partial charge < -0.3 is 10.0 Å². The highest BCUT2D eigenvalue weighted by atomic mass is 32.2. The number of nitrogens with zero attached hydrogens (tertiary/aromatic N) is 2. The van der Waals surface area contributed by atoms with Crippen molar-refractivity contribution in [3.05, 3.63) is 36.0 Å². The zero-order valence-electron chi connectivity index (χ0n) is 11.0. The SMILES string of the molecule is CC1CN(c2nc(CO)cc3ccccc23)CCS1. The van der Waals surface area contributed by atoms with Crippen molar-refractivity contribution in [1.29, 1.82) is 0 Å². The molecule has 1 unspecified atom stereocenters. The Hall–Kier alpha value is -1.26. The lowest BCUT2D eigenvalue weighted by atomic mass is 10.1. The van der Waals surface area contributed by atoms with E-state index >= 15 is 0 Å². The van der Waals surface area contributed by atoms with Crippen molar-refractivity contribution >= 4 is 28.4 Å². The minimum atomic E-state index is -0.00399. The molecule has 0 radical (unpaired) electrons. The monoisotopic (exact) mass is 274 g/mol. The lowest BCUT2D eigenvalue weighted by Gasteiger charge is -2.32. The van der Waals surface area contributed by atoms with Crippen molar-refractivity contribution < 1.29 is 5.11 Å². The molecule has 0 bridgehead atoms. The first-order valence-corrected chi connectivity index (χ1v) is 7.69. The van der Waals surface area contributed by atoms with Gasteiger partial charge in [-0.3, -0.25) is 0 Å². The number of thioether (sulfide) groups is 1. The number of rotatable bonds is 2. The molecule has 0 saturated carbocycles. The second-order valence-corrected chi connectivity index (χ2v) is 6.49. The predicted molar refractivity (Wildman–Crippen MR) is 81.8 cm³/mol. The van der Waals surface area contributed by atoms with E-state index in [1.165, 1.54) is 5.39 Å². The first kappa shape index (κ1) is 12.8. The molecular weight excluding hydrogens is 256 g/mol. The van der Waals surface area contributed by atoms with Crippen LogP contribution in [0.3, 0.4) is 0 Å². The summed E-state index contributed by atoms with van der Waals surface area (Å²) in [6.07, 6.45) is 0. The Morgan fingerprint density at radius 2 is 2.26 bits per heavy atom. The van der Waals surface area contributed by atoms with Crippen molar-refractivity contribution in [3.8, 4) is 0 Å². The third-order valence-electron chi connectivity index (χ3n) is 3.48. The minimum absolute atomic E-state index is 0.00399. The molecule has 1 atom stereocenters. The van der Waals surface area contributed by atoms with Crippen LogP contribution in [0.2, 0.25) is 0 Å². The van der Waals surface area contributed by atoms with Crippen molar-refractivity contribution in [2.75, 3.05) is 23.7 Å². The van der Waals surface area contributed by atoms with E-state index in [1.54, 1.807) is 0 Å². The van der Waals surface area contributed by atoms with Gasteiger partial charge in [0.25, 0.3) is 0 Å². The van der Waals surface area contributed by atoms with Crippen molar-refractivity contribution in [2.24, 2.45) is 0 Å². The van der Waals surface area contributed by atoms with Crippen LogP contribution < -0.4 is 4.90 Å². The largest absolute Gasteiger partial charge is 0.390 e. The molecule has 1 N–H and O–H groups in total. The average molecular weight is 274 g/mol. The molecule has 4 heteroatoms. The van der Waals surface area contributed by atoms with E-state index in [9.17, 15) is 5.11 Å². The fraction of sp³-hybridized carbons (Fsp3) is 0.400. The minimum Gasteiger partial charge on any atom is -0.390 e. The van der Waals surface area contributed by atoms with Gasteiger partial charge in [-0.25, -0.2) is 4.98 Å². The number of fused-ring (bicyclic) bond motifs is 1. The van der Waals surface area contributed by atoms with Gasteiger partial charge in [0.2, 0.25) is 0 Å². The molecule has 0 spiro atoms. The van der Waals surface area contributed by atoms with E-state index in [0.717, 1.165) is 35.7 Å². The van der Waals surface area contributed by atoms with E-state index in [2.05, 4.69) is 28.9 Å². The van der Waals surface area contributed by atoms with Crippen LogP contribution in [0, 0.1) is 0 Å². The van der Waals surface area contributed by atoms with Crippen LogP contribution in [0.1, 0.15) is 12.6 Å². The van der Waals surface area contributed by atoms with Gasteiger partial charge in [0.1, 0.15) is 5.82 Å². The molecule has 1 fully saturated rings. The fourth-order valence-corrected chi connectivity index (χ4v) is 3.58. The summed E-state index contributed by atoms with van der Waals surface area (Å²) in [6, 6.07) is 10.3. The number of benzene rings is 1. The average Bonchev–Trinajstić information content (AvgIpc) is 2.46. The van der Waals surface area contributed by atoms with Gasteiger partial charge in [-0.15, -0.1) is 0 Å². The van der Waals surface area contributed by atoms with Crippen LogP contribution in [0.25, 0.3) is 10.8 Å². The summed E-state index contributed by atoms with van der Waals surface area (Å²) < 4.78 is 0. The van der Waals surface area contributed by atoms with E-state index in [4.69, 9.17) is 0 Å². The first-order chi connectivity index (χ1) is 9.28. The van der Waals surface area contributed by atoms with Crippen molar-refractivity contribution in [1.82, 2.24) is 4.98 Å². The molecule has 1 aromatic heterocycles. The molecular formula is C15H18N2OS. The predicted octanol–water partition coefficient (Wildman–Crippen LogP) is 2.67. The molecule has 0 aliphatic carbocycles. The maximum atomic E-state index is 9.39. The van der Waals surface area contributed by atoms with Gasteiger partial charge in [0, 0.05) is 29.5 Å². The van der Waals surface area contributed by atoms with Crippen LogP contribution in [0.4, 0.5) is 5.82 Å². The molecule has 0 amide bonds. The summed E-state index contributed by atoms with van der Waals surface area (Å²) in [5, 5.41) is 12.4. The summed E-state index contributed by atoms with van der Waals surface area (Å²) in [4.78, 5) is 6.99. The highest BCUT2D eigenvalue weighted by Gasteiger charge is 2.20. The van der Waals surface area contributed by atoms with Gasteiger partial charge in [0.15, 0.2) is 0 Å². The smallest absolute Gasteiger partial charge is 0.136 e. The van der Waals surface area contributed by atoms with Gasteiger partial charge in [0.05, 0.1) is 12.3 Å². The molecule has 3 nitrogen and oxygen atoms in total. The lowest BCUT2D eigenvalue weighted by molar-refractivity contribution is 0.277. The summed E-state index contributed by atoms with van der Waals surface area (Å²) in [7, 11) is 0. The van der Waals surface area contributed by atoms with Crippen LogP contribution in [0.5, 0.6) is 0 Å². The number of pyridine rings is 1. The molecule has 1 saturated heterocycles. The Kier molecular flexibility index (Phi) is 3.62. The zero-order valence-corrected chi connectivity index (χ0v) is 11.9. The van der Waals surface area contributed by atoms with Crippen molar-refractivity contribution in [3.63, 3.8) is 0 Å². The second-order valence-electron chi connectivity index (χ2n) is 4.94. The zero-order chi connectivity index (χ0) is 13.2. The third-order valence-corrected chi connectivity index (χ3v) is 4.61. The van der Waals surface area contributed by atoms with Crippen LogP contribution >= 0.6 is 11.8 Å². The summed E-state index contributed by atoms with van der Waals surface area (Å²) >= 11 is 2.01. The molecule has 1 aromatic carbocycles. The van der Waals surface area contributed by atoms with Crippen LogP contribution in [-0.4, -0.2) is 34.2 Å². The number of aliphatic hydroxyl groups excluding tert-OH is 1. The third kappa shape index (κ3) is 2.55. The quantitative estimate of drug-likeness (QED) is 0.913. The standard InChI is InChI=1S/C15H18N2OS/c1-11-9-17(6-7-19-11)15-14-5-3-2-4-12(14)8-13(10-18)16-15/h2-5,8,11,18H,6-7,9-10H2,1H3. The molecule has 100 valence electrons. The molecule has 1 aliphatic heterocycles. The molecule has 1 aliphatic rings. The molecule has 19 heavy (non-hydrogen) atoms. The Labute approximate surface area is 117 Å². The van der Waals surface area contributed by atoms with E-state index in [-0.39, 0.29) is 6.61 Å². The Morgan fingerprint density at radius 1 is 1.42 bits per heavy atom. The Balaban J connectivity index is 2.10. The number of aromatic nitrogens is 1. The fourth-order valence-electron chi connectivity index (χ4n) is 2.57.